The second kappa shape index (κ2) is 9.13. The lowest BCUT2D eigenvalue weighted by Gasteiger charge is -2.22. The smallest absolute Gasteiger partial charge is 0.247 e. The molecular formula is C23H24FN3O. The van der Waals surface area contributed by atoms with Crippen molar-refractivity contribution in [2.24, 2.45) is 0 Å². The third-order valence-electron chi connectivity index (χ3n) is 4.65. The van der Waals surface area contributed by atoms with E-state index in [4.69, 9.17) is 0 Å². The Morgan fingerprint density at radius 3 is 2.54 bits per heavy atom. The van der Waals surface area contributed by atoms with Gasteiger partial charge in [0.05, 0.1) is 5.69 Å². The molecule has 0 saturated heterocycles. The Hall–Kier alpha value is -3.21. The second-order valence-corrected chi connectivity index (χ2v) is 6.81. The summed E-state index contributed by atoms with van der Waals surface area (Å²) in [7, 11) is 0. The van der Waals surface area contributed by atoms with Gasteiger partial charge in [-0.2, -0.15) is 0 Å². The van der Waals surface area contributed by atoms with Gasteiger partial charge in [-0.15, -0.1) is 0 Å². The monoisotopic (exact) mass is 377 g/mol. The van der Waals surface area contributed by atoms with Gasteiger partial charge in [0, 0.05) is 18.9 Å². The molecule has 0 saturated carbocycles. The molecule has 3 rings (SSSR count). The third-order valence-corrected chi connectivity index (χ3v) is 4.65. The van der Waals surface area contributed by atoms with Crippen LogP contribution in [0, 0.1) is 19.7 Å². The third kappa shape index (κ3) is 4.94. The summed E-state index contributed by atoms with van der Waals surface area (Å²) in [6.45, 7) is 4.26. The fourth-order valence-corrected chi connectivity index (χ4v) is 3.07. The number of aryl methyl sites for hydroxylation is 2. The van der Waals surface area contributed by atoms with Gasteiger partial charge in [-0.25, -0.2) is 4.39 Å². The van der Waals surface area contributed by atoms with Crippen LogP contribution >= 0.6 is 0 Å². The average molecular weight is 377 g/mol. The summed E-state index contributed by atoms with van der Waals surface area (Å²) in [6.07, 6.45) is 4.16. The van der Waals surface area contributed by atoms with Crippen LogP contribution in [0.15, 0.2) is 67.0 Å². The molecule has 1 aromatic heterocycles. The largest absolute Gasteiger partial charge is 0.368 e. The van der Waals surface area contributed by atoms with Crippen molar-refractivity contribution in [2.75, 3.05) is 11.9 Å². The van der Waals surface area contributed by atoms with Crippen LogP contribution in [0.2, 0.25) is 0 Å². The first-order chi connectivity index (χ1) is 13.5. The lowest BCUT2D eigenvalue weighted by atomic mass is 10.00. The highest BCUT2D eigenvalue weighted by Gasteiger charge is 2.23. The standard InChI is InChI=1S/C23H24FN3O/c1-16-7-8-21(20(24)15-16)27-22(19-6-4-3-5-17(19)2)23(28)26-14-11-18-9-12-25-13-10-18/h3-10,12-13,15,22,27H,11,14H2,1-2H3,(H,26,28). The molecule has 0 aliphatic heterocycles. The van der Waals surface area contributed by atoms with Gasteiger partial charge in [-0.1, -0.05) is 30.3 Å². The number of carbonyl (C=O) groups is 1. The molecule has 144 valence electrons. The van der Waals surface area contributed by atoms with Crippen LogP contribution < -0.4 is 10.6 Å². The van der Waals surface area contributed by atoms with E-state index in [1.807, 2.05) is 56.3 Å². The van der Waals surface area contributed by atoms with Gasteiger partial charge in [0.15, 0.2) is 0 Å². The van der Waals surface area contributed by atoms with Crippen molar-refractivity contribution in [1.82, 2.24) is 10.3 Å². The van der Waals surface area contributed by atoms with E-state index < -0.39 is 6.04 Å². The predicted molar refractivity (Wildman–Crippen MR) is 110 cm³/mol. The molecular weight excluding hydrogens is 353 g/mol. The van der Waals surface area contributed by atoms with Crippen LogP contribution in [0.25, 0.3) is 0 Å². The molecule has 2 N–H and O–H groups in total. The Morgan fingerprint density at radius 2 is 1.82 bits per heavy atom. The average Bonchev–Trinajstić information content (AvgIpc) is 2.69. The Balaban J connectivity index is 1.77. The zero-order valence-corrected chi connectivity index (χ0v) is 16.1. The number of rotatable bonds is 7. The van der Waals surface area contributed by atoms with Gasteiger partial charge in [-0.05, 0) is 66.8 Å². The van der Waals surface area contributed by atoms with Crippen molar-refractivity contribution in [3.63, 3.8) is 0 Å². The maximum absolute atomic E-state index is 14.4. The number of pyridine rings is 1. The highest BCUT2D eigenvalue weighted by Crippen LogP contribution is 2.25. The Morgan fingerprint density at radius 1 is 1.07 bits per heavy atom. The van der Waals surface area contributed by atoms with Gasteiger partial charge >= 0.3 is 0 Å². The molecule has 3 aromatic rings. The highest BCUT2D eigenvalue weighted by molar-refractivity contribution is 5.86. The van der Waals surface area contributed by atoms with E-state index in [0.29, 0.717) is 18.7 Å². The van der Waals surface area contributed by atoms with E-state index in [1.165, 1.54) is 6.07 Å². The van der Waals surface area contributed by atoms with Crippen LogP contribution in [0.3, 0.4) is 0 Å². The number of amides is 1. The van der Waals surface area contributed by atoms with Gasteiger partial charge in [-0.3, -0.25) is 9.78 Å². The summed E-state index contributed by atoms with van der Waals surface area (Å²) in [5, 5.41) is 6.05. The Bertz CT molecular complexity index is 944. The summed E-state index contributed by atoms with van der Waals surface area (Å²) in [4.78, 5) is 17.0. The number of hydrogen-bond acceptors (Lipinski definition) is 3. The van der Waals surface area contributed by atoms with E-state index in [9.17, 15) is 9.18 Å². The van der Waals surface area contributed by atoms with Crippen molar-refractivity contribution in [3.05, 3.63) is 95.1 Å². The maximum Gasteiger partial charge on any atom is 0.247 e. The molecule has 4 nitrogen and oxygen atoms in total. The normalized spacial score (nSPS) is 11.7. The summed E-state index contributed by atoms with van der Waals surface area (Å²) in [6, 6.07) is 15.7. The molecule has 1 atom stereocenters. The van der Waals surface area contributed by atoms with Gasteiger partial charge in [0.1, 0.15) is 11.9 Å². The summed E-state index contributed by atoms with van der Waals surface area (Å²) < 4.78 is 14.4. The van der Waals surface area contributed by atoms with Crippen LogP contribution in [0.4, 0.5) is 10.1 Å². The Labute approximate surface area is 164 Å². The van der Waals surface area contributed by atoms with E-state index in [-0.39, 0.29) is 11.7 Å². The quantitative estimate of drug-likeness (QED) is 0.644. The topological polar surface area (TPSA) is 54.0 Å². The maximum atomic E-state index is 14.4. The fourth-order valence-electron chi connectivity index (χ4n) is 3.07. The van der Waals surface area contributed by atoms with E-state index >= 15 is 0 Å². The van der Waals surface area contributed by atoms with Gasteiger partial charge < -0.3 is 10.6 Å². The van der Waals surface area contributed by atoms with E-state index in [2.05, 4.69) is 15.6 Å². The van der Waals surface area contributed by atoms with Crippen molar-refractivity contribution in [2.45, 2.75) is 26.3 Å². The predicted octanol–water partition coefficient (Wildman–Crippen LogP) is 4.35. The number of halogens is 1. The molecule has 28 heavy (non-hydrogen) atoms. The molecule has 0 bridgehead atoms. The van der Waals surface area contributed by atoms with Crippen molar-refractivity contribution >= 4 is 11.6 Å². The first-order valence-electron chi connectivity index (χ1n) is 9.29. The summed E-state index contributed by atoms with van der Waals surface area (Å²) >= 11 is 0. The molecule has 0 radical (unpaired) electrons. The van der Waals surface area contributed by atoms with Crippen molar-refractivity contribution in [1.29, 1.82) is 0 Å². The Kier molecular flexibility index (Phi) is 6.37. The molecule has 1 heterocycles. The molecule has 1 amide bonds. The molecule has 1 unspecified atom stereocenters. The number of nitrogens with zero attached hydrogens (tertiary/aromatic N) is 1. The summed E-state index contributed by atoms with van der Waals surface area (Å²) in [5.41, 5.74) is 4.03. The second-order valence-electron chi connectivity index (χ2n) is 6.81. The molecule has 0 aliphatic carbocycles. The highest BCUT2D eigenvalue weighted by atomic mass is 19.1. The number of nitrogens with one attached hydrogen (secondary N) is 2. The molecule has 5 heteroatoms. The first kappa shape index (κ1) is 19.5. The number of anilines is 1. The SMILES string of the molecule is Cc1ccc(NC(C(=O)NCCc2ccncc2)c2ccccc2C)c(F)c1. The minimum Gasteiger partial charge on any atom is -0.368 e. The van der Waals surface area contributed by atoms with Gasteiger partial charge in [0.2, 0.25) is 5.91 Å². The fraction of sp³-hybridized carbons (Fsp3) is 0.217. The lowest BCUT2D eigenvalue weighted by molar-refractivity contribution is -0.121. The molecule has 0 fully saturated rings. The summed E-state index contributed by atoms with van der Waals surface area (Å²) in [5.74, 6) is -0.563. The van der Waals surface area contributed by atoms with Crippen LogP contribution in [-0.4, -0.2) is 17.4 Å². The molecule has 0 aliphatic rings. The zero-order valence-electron chi connectivity index (χ0n) is 16.1. The van der Waals surface area contributed by atoms with Gasteiger partial charge in [0.25, 0.3) is 0 Å². The lowest BCUT2D eigenvalue weighted by Crippen LogP contribution is -2.35. The number of aromatic nitrogens is 1. The van der Waals surface area contributed by atoms with Crippen LogP contribution in [0.1, 0.15) is 28.3 Å². The van der Waals surface area contributed by atoms with Crippen molar-refractivity contribution < 1.29 is 9.18 Å². The van der Waals surface area contributed by atoms with Crippen LogP contribution in [0.5, 0.6) is 0 Å². The van der Waals surface area contributed by atoms with E-state index in [0.717, 1.165) is 22.3 Å². The minimum atomic E-state index is -0.684. The van der Waals surface area contributed by atoms with Crippen molar-refractivity contribution in [3.8, 4) is 0 Å². The number of hydrogen-bond donors (Lipinski definition) is 2. The van der Waals surface area contributed by atoms with Crippen LogP contribution in [-0.2, 0) is 11.2 Å². The molecule has 0 spiro atoms. The number of carbonyl (C=O) groups excluding carboxylic acids is 1. The number of benzene rings is 2. The first-order valence-corrected chi connectivity index (χ1v) is 9.29. The van der Waals surface area contributed by atoms with E-state index in [1.54, 1.807) is 18.5 Å². The zero-order chi connectivity index (χ0) is 19.9. The molecule has 2 aromatic carbocycles. The minimum absolute atomic E-state index is 0.191.